The Kier molecular flexibility index (Phi) is 5.48. The van der Waals surface area contributed by atoms with E-state index >= 15 is 0 Å². The first kappa shape index (κ1) is 13.5. The van der Waals surface area contributed by atoms with Crippen LogP contribution in [-0.4, -0.2) is 6.54 Å². The highest BCUT2D eigenvalue weighted by atomic mass is 19.1. The van der Waals surface area contributed by atoms with Gasteiger partial charge < -0.3 is 5.32 Å². The number of nitriles is 1. The van der Waals surface area contributed by atoms with Crippen LogP contribution in [0.25, 0.3) is 0 Å². The molecule has 1 aromatic carbocycles. The maximum Gasteiger partial charge on any atom is 0.126 e. The summed E-state index contributed by atoms with van der Waals surface area (Å²) in [6.45, 7) is 5.24. The lowest BCUT2D eigenvalue weighted by atomic mass is 10.1. The van der Waals surface area contributed by atoms with Gasteiger partial charge in [0, 0.05) is 12.2 Å². The zero-order valence-electron chi connectivity index (χ0n) is 10.5. The Morgan fingerprint density at radius 3 is 2.71 bits per heavy atom. The van der Waals surface area contributed by atoms with Gasteiger partial charge in [-0.3, -0.25) is 0 Å². The van der Waals surface area contributed by atoms with E-state index in [0.29, 0.717) is 11.3 Å². The zero-order chi connectivity index (χ0) is 12.7. The van der Waals surface area contributed by atoms with Crippen LogP contribution < -0.4 is 5.32 Å². The van der Waals surface area contributed by atoms with E-state index in [1.807, 2.05) is 6.07 Å². The molecule has 0 atom stereocenters. The number of nitrogens with one attached hydrogen (secondary N) is 1. The van der Waals surface area contributed by atoms with E-state index in [9.17, 15) is 4.39 Å². The highest BCUT2D eigenvalue weighted by Crippen LogP contribution is 2.14. The SMILES string of the molecule is CC(C)CCCCNc1cc(F)cc(C#N)c1. The van der Waals surface area contributed by atoms with Gasteiger partial charge in [-0.2, -0.15) is 5.26 Å². The summed E-state index contributed by atoms with van der Waals surface area (Å²) < 4.78 is 13.1. The van der Waals surface area contributed by atoms with E-state index in [1.165, 1.54) is 25.0 Å². The predicted octanol–water partition coefficient (Wildman–Crippen LogP) is 3.94. The highest BCUT2D eigenvalue weighted by molar-refractivity contribution is 5.49. The van der Waals surface area contributed by atoms with Crippen LogP contribution in [0.2, 0.25) is 0 Å². The van der Waals surface area contributed by atoms with Crippen LogP contribution in [0.5, 0.6) is 0 Å². The largest absolute Gasteiger partial charge is 0.385 e. The first-order chi connectivity index (χ1) is 8.11. The fraction of sp³-hybridized carbons (Fsp3) is 0.500. The van der Waals surface area contributed by atoms with Gasteiger partial charge in [-0.05, 0) is 30.5 Å². The Labute approximate surface area is 102 Å². The molecule has 0 aromatic heterocycles. The minimum Gasteiger partial charge on any atom is -0.385 e. The van der Waals surface area contributed by atoms with Crippen LogP contribution in [0.1, 0.15) is 38.7 Å². The van der Waals surface area contributed by atoms with Crippen molar-refractivity contribution in [3.8, 4) is 6.07 Å². The number of anilines is 1. The van der Waals surface area contributed by atoms with Gasteiger partial charge in [-0.1, -0.05) is 26.7 Å². The summed E-state index contributed by atoms with van der Waals surface area (Å²) in [6.07, 6.45) is 3.45. The molecule has 0 aliphatic carbocycles. The lowest BCUT2D eigenvalue weighted by Crippen LogP contribution is -2.02. The van der Waals surface area contributed by atoms with Crippen molar-refractivity contribution < 1.29 is 4.39 Å². The molecule has 2 nitrogen and oxygen atoms in total. The van der Waals surface area contributed by atoms with E-state index in [4.69, 9.17) is 5.26 Å². The van der Waals surface area contributed by atoms with Crippen molar-refractivity contribution in [3.63, 3.8) is 0 Å². The fourth-order valence-electron chi connectivity index (χ4n) is 1.67. The molecule has 1 N–H and O–H groups in total. The summed E-state index contributed by atoms with van der Waals surface area (Å²) in [5, 5.41) is 11.9. The molecule has 0 heterocycles. The predicted molar refractivity (Wildman–Crippen MR) is 68.3 cm³/mol. The van der Waals surface area contributed by atoms with Gasteiger partial charge in [-0.25, -0.2) is 4.39 Å². The molecule has 1 aromatic rings. The molecule has 0 aliphatic heterocycles. The lowest BCUT2D eigenvalue weighted by Gasteiger charge is -2.08. The van der Waals surface area contributed by atoms with E-state index in [-0.39, 0.29) is 5.82 Å². The van der Waals surface area contributed by atoms with Crippen LogP contribution in [0.4, 0.5) is 10.1 Å². The Balaban J connectivity index is 2.37. The topological polar surface area (TPSA) is 35.8 Å². The number of halogens is 1. The van der Waals surface area contributed by atoms with Gasteiger partial charge in [-0.15, -0.1) is 0 Å². The Morgan fingerprint density at radius 2 is 2.06 bits per heavy atom. The minimum atomic E-state index is -0.367. The molecule has 3 heteroatoms. The average molecular weight is 234 g/mol. The van der Waals surface area contributed by atoms with Crippen LogP contribution in [0.15, 0.2) is 18.2 Å². The van der Waals surface area contributed by atoms with Crippen LogP contribution in [0, 0.1) is 23.1 Å². The summed E-state index contributed by atoms with van der Waals surface area (Å²) in [5.74, 6) is 0.364. The Morgan fingerprint density at radius 1 is 1.29 bits per heavy atom. The van der Waals surface area contributed by atoms with Crippen molar-refractivity contribution in [2.24, 2.45) is 5.92 Å². The number of hydrogen-bond donors (Lipinski definition) is 1. The van der Waals surface area contributed by atoms with Crippen molar-refractivity contribution in [3.05, 3.63) is 29.6 Å². The van der Waals surface area contributed by atoms with Crippen molar-refractivity contribution in [1.82, 2.24) is 0 Å². The summed E-state index contributed by atoms with van der Waals surface area (Å²) in [7, 11) is 0. The number of nitrogens with zero attached hydrogens (tertiary/aromatic N) is 1. The molecule has 0 saturated carbocycles. The van der Waals surface area contributed by atoms with E-state index < -0.39 is 0 Å². The van der Waals surface area contributed by atoms with Gasteiger partial charge in [0.2, 0.25) is 0 Å². The first-order valence-corrected chi connectivity index (χ1v) is 6.06. The highest BCUT2D eigenvalue weighted by Gasteiger charge is 2.00. The van der Waals surface area contributed by atoms with Gasteiger partial charge in [0.15, 0.2) is 0 Å². The molecular formula is C14H19FN2. The molecule has 0 spiro atoms. The number of benzene rings is 1. The first-order valence-electron chi connectivity index (χ1n) is 6.06. The van der Waals surface area contributed by atoms with Gasteiger partial charge in [0.1, 0.15) is 5.82 Å². The molecule has 0 fully saturated rings. The smallest absolute Gasteiger partial charge is 0.126 e. The maximum absolute atomic E-state index is 13.1. The standard InChI is InChI=1S/C14H19FN2/c1-11(2)5-3-4-6-17-14-8-12(10-16)7-13(15)9-14/h7-9,11,17H,3-6H2,1-2H3. The average Bonchev–Trinajstić information content (AvgIpc) is 2.27. The molecule has 0 radical (unpaired) electrons. The second-order valence-electron chi connectivity index (χ2n) is 4.66. The molecule has 0 bridgehead atoms. The molecule has 17 heavy (non-hydrogen) atoms. The second kappa shape index (κ2) is 6.90. The van der Waals surface area contributed by atoms with Gasteiger partial charge >= 0.3 is 0 Å². The third kappa shape index (κ3) is 5.35. The number of rotatable bonds is 6. The molecule has 92 valence electrons. The maximum atomic E-state index is 13.1. The molecule has 0 aliphatic rings. The van der Waals surface area contributed by atoms with E-state index in [0.717, 1.165) is 18.9 Å². The molecule has 0 unspecified atom stereocenters. The Hall–Kier alpha value is -1.56. The lowest BCUT2D eigenvalue weighted by molar-refractivity contribution is 0.544. The Bertz CT molecular complexity index is 394. The van der Waals surface area contributed by atoms with Crippen molar-refractivity contribution in [1.29, 1.82) is 5.26 Å². The minimum absolute atomic E-state index is 0.356. The van der Waals surface area contributed by atoms with Crippen LogP contribution >= 0.6 is 0 Å². The molecule has 1 rings (SSSR count). The summed E-state index contributed by atoms with van der Waals surface area (Å²) >= 11 is 0. The number of hydrogen-bond acceptors (Lipinski definition) is 2. The summed E-state index contributed by atoms with van der Waals surface area (Å²) in [6, 6.07) is 6.28. The van der Waals surface area contributed by atoms with Crippen LogP contribution in [-0.2, 0) is 0 Å². The van der Waals surface area contributed by atoms with Crippen molar-refractivity contribution in [2.75, 3.05) is 11.9 Å². The van der Waals surface area contributed by atoms with Gasteiger partial charge in [0.05, 0.1) is 11.6 Å². The third-order valence-electron chi connectivity index (χ3n) is 2.56. The summed E-state index contributed by atoms with van der Waals surface area (Å²) in [5.41, 5.74) is 1.04. The number of unbranched alkanes of at least 4 members (excludes halogenated alkanes) is 1. The monoisotopic (exact) mass is 234 g/mol. The van der Waals surface area contributed by atoms with E-state index in [2.05, 4.69) is 19.2 Å². The molecule has 0 amide bonds. The molecule has 0 saturated heterocycles. The fourth-order valence-corrected chi connectivity index (χ4v) is 1.67. The quantitative estimate of drug-likeness (QED) is 0.757. The zero-order valence-corrected chi connectivity index (χ0v) is 10.5. The van der Waals surface area contributed by atoms with Crippen LogP contribution in [0.3, 0.4) is 0 Å². The van der Waals surface area contributed by atoms with E-state index in [1.54, 1.807) is 6.07 Å². The van der Waals surface area contributed by atoms with Crippen molar-refractivity contribution >= 4 is 5.69 Å². The summed E-state index contributed by atoms with van der Waals surface area (Å²) in [4.78, 5) is 0. The van der Waals surface area contributed by atoms with Gasteiger partial charge in [0.25, 0.3) is 0 Å². The second-order valence-corrected chi connectivity index (χ2v) is 4.66. The normalized spacial score (nSPS) is 10.3. The third-order valence-corrected chi connectivity index (χ3v) is 2.56. The molecular weight excluding hydrogens is 215 g/mol. The van der Waals surface area contributed by atoms with Crippen molar-refractivity contribution in [2.45, 2.75) is 33.1 Å².